The molecule has 2 amide bonds. The number of methoxy groups -OCH3 is 1. The maximum Gasteiger partial charge on any atom is 0.256 e. The molecule has 1 fully saturated rings. The molecule has 0 bridgehead atoms. The third kappa shape index (κ3) is 5.57. The molecule has 4 heterocycles. The van der Waals surface area contributed by atoms with Gasteiger partial charge in [0, 0.05) is 49.4 Å². The van der Waals surface area contributed by atoms with Crippen LogP contribution in [0.5, 0.6) is 0 Å². The number of hydrogen-bond acceptors (Lipinski definition) is 7. The van der Waals surface area contributed by atoms with Gasteiger partial charge in [-0.15, -0.1) is 0 Å². The fourth-order valence-corrected chi connectivity index (χ4v) is 5.12. The predicted octanol–water partition coefficient (Wildman–Crippen LogP) is 4.44. The summed E-state index contributed by atoms with van der Waals surface area (Å²) in [5.41, 5.74) is 10.1. The van der Waals surface area contributed by atoms with E-state index in [2.05, 4.69) is 22.2 Å². The van der Waals surface area contributed by atoms with Crippen LogP contribution in [0.15, 0.2) is 67.1 Å². The van der Waals surface area contributed by atoms with Gasteiger partial charge in [-0.1, -0.05) is 31.6 Å². The van der Waals surface area contributed by atoms with Crippen molar-refractivity contribution >= 4 is 29.0 Å². The van der Waals surface area contributed by atoms with Gasteiger partial charge in [-0.25, -0.2) is 15.0 Å². The number of benzene rings is 1. The van der Waals surface area contributed by atoms with Gasteiger partial charge in [-0.3, -0.25) is 14.0 Å². The van der Waals surface area contributed by atoms with Gasteiger partial charge in [0.1, 0.15) is 28.7 Å². The number of rotatable bonds is 9. The number of carbonyl (C=O) groups excluding carboxylic acids is 2. The van der Waals surface area contributed by atoms with Crippen molar-refractivity contribution < 1.29 is 14.3 Å². The Morgan fingerprint density at radius 3 is 2.77 bits per heavy atom. The molecule has 3 aromatic heterocycles. The summed E-state index contributed by atoms with van der Waals surface area (Å²) in [6, 6.07) is 10.8. The first-order valence-electron chi connectivity index (χ1n) is 13.5. The highest BCUT2D eigenvalue weighted by Gasteiger charge is 2.33. The fraction of sp³-hybridized carbons (Fsp3) is 0.300. The maximum atomic E-state index is 12.9. The summed E-state index contributed by atoms with van der Waals surface area (Å²) in [4.78, 5) is 41.2. The first-order chi connectivity index (χ1) is 19.5. The highest BCUT2D eigenvalue weighted by Crippen LogP contribution is 2.36. The van der Waals surface area contributed by atoms with Gasteiger partial charge < -0.3 is 20.7 Å². The molecule has 0 radical (unpaired) electrons. The summed E-state index contributed by atoms with van der Waals surface area (Å²) < 4.78 is 6.95. The summed E-state index contributed by atoms with van der Waals surface area (Å²) in [7, 11) is 1.59. The van der Waals surface area contributed by atoms with Crippen LogP contribution < -0.4 is 11.1 Å². The van der Waals surface area contributed by atoms with Crippen molar-refractivity contribution in [1.29, 1.82) is 0 Å². The van der Waals surface area contributed by atoms with Gasteiger partial charge in [-0.2, -0.15) is 0 Å². The molecule has 4 aromatic rings. The number of pyridine rings is 1. The Morgan fingerprint density at radius 2 is 2.00 bits per heavy atom. The molecular formula is C30H33N7O3. The minimum atomic E-state index is -0.245. The van der Waals surface area contributed by atoms with Crippen molar-refractivity contribution in [2.75, 3.05) is 31.3 Å². The topological polar surface area (TPSA) is 128 Å². The lowest BCUT2D eigenvalue weighted by molar-refractivity contribution is -0.127. The van der Waals surface area contributed by atoms with E-state index in [1.807, 2.05) is 39.8 Å². The van der Waals surface area contributed by atoms with E-state index in [9.17, 15) is 9.59 Å². The third-order valence-corrected chi connectivity index (χ3v) is 6.99. The number of anilines is 2. The molecule has 1 aromatic carbocycles. The molecule has 1 aliphatic heterocycles. The summed E-state index contributed by atoms with van der Waals surface area (Å²) in [5, 5.41) is 2.88. The lowest BCUT2D eigenvalue weighted by Crippen LogP contribution is -2.30. The summed E-state index contributed by atoms with van der Waals surface area (Å²) in [6.07, 6.45) is 12.0. The Hall–Kier alpha value is -4.57. The van der Waals surface area contributed by atoms with Gasteiger partial charge in [-0.05, 0) is 49.1 Å². The summed E-state index contributed by atoms with van der Waals surface area (Å²) in [6.45, 7) is 3.13. The highest BCUT2D eigenvalue weighted by molar-refractivity contribution is 6.04. The second kappa shape index (κ2) is 12.1. The average Bonchev–Trinajstić information content (AvgIpc) is 3.59. The van der Waals surface area contributed by atoms with Crippen molar-refractivity contribution in [3.8, 4) is 11.3 Å². The molecule has 0 saturated carbocycles. The zero-order valence-corrected chi connectivity index (χ0v) is 22.7. The van der Waals surface area contributed by atoms with Crippen LogP contribution >= 0.6 is 0 Å². The zero-order chi connectivity index (χ0) is 28.1. The van der Waals surface area contributed by atoms with Crippen molar-refractivity contribution in [3.05, 3.63) is 84.1 Å². The Balaban J connectivity index is 1.43. The van der Waals surface area contributed by atoms with Gasteiger partial charge in [0.25, 0.3) is 5.91 Å². The van der Waals surface area contributed by atoms with Crippen molar-refractivity contribution in [3.63, 3.8) is 0 Å². The van der Waals surface area contributed by atoms with Gasteiger partial charge in [0.05, 0.1) is 12.6 Å². The number of ether oxygens (including phenoxy) is 1. The van der Waals surface area contributed by atoms with Gasteiger partial charge >= 0.3 is 0 Å². The monoisotopic (exact) mass is 539 g/mol. The van der Waals surface area contributed by atoms with Crippen LogP contribution in [0.1, 0.15) is 54.0 Å². The number of nitrogens with zero attached hydrogens (tertiary/aromatic N) is 5. The van der Waals surface area contributed by atoms with E-state index >= 15 is 0 Å². The molecule has 3 N–H and O–H groups in total. The lowest BCUT2D eigenvalue weighted by atomic mass is 10.1. The lowest BCUT2D eigenvalue weighted by Gasteiger charge is -2.22. The van der Waals surface area contributed by atoms with E-state index in [0.717, 1.165) is 42.6 Å². The predicted molar refractivity (Wildman–Crippen MR) is 154 cm³/mol. The van der Waals surface area contributed by atoms with Crippen molar-refractivity contribution in [2.45, 2.75) is 38.6 Å². The molecule has 0 aliphatic carbocycles. The third-order valence-electron chi connectivity index (χ3n) is 6.99. The number of likely N-dealkylation sites (tertiary alicyclic amines) is 1. The SMILES string of the molecule is CCCc1ccnc(NC(=O)c2ccc(-c3nc(C4CCCN4C(=O)C=CCOC)n4ccnc(N)c34)cc2)c1. The summed E-state index contributed by atoms with van der Waals surface area (Å²) in [5.74, 6) is 1.27. The van der Waals surface area contributed by atoms with E-state index in [0.29, 0.717) is 41.6 Å². The molecule has 1 unspecified atom stereocenters. The Kier molecular flexibility index (Phi) is 8.16. The van der Waals surface area contributed by atoms with Crippen LogP contribution in [-0.4, -0.2) is 56.3 Å². The smallest absolute Gasteiger partial charge is 0.256 e. The highest BCUT2D eigenvalue weighted by atomic mass is 16.5. The van der Waals surface area contributed by atoms with Crippen LogP contribution in [0.25, 0.3) is 16.8 Å². The number of carbonyl (C=O) groups is 2. The average molecular weight is 540 g/mol. The molecule has 10 nitrogen and oxygen atoms in total. The number of amides is 2. The molecule has 1 saturated heterocycles. The zero-order valence-electron chi connectivity index (χ0n) is 22.7. The normalized spacial score (nSPS) is 15.2. The second-order valence-corrected chi connectivity index (χ2v) is 9.73. The Morgan fingerprint density at radius 1 is 1.18 bits per heavy atom. The summed E-state index contributed by atoms with van der Waals surface area (Å²) >= 11 is 0. The van der Waals surface area contributed by atoms with E-state index in [1.165, 1.54) is 0 Å². The quantitative estimate of drug-likeness (QED) is 0.301. The van der Waals surface area contributed by atoms with Crippen molar-refractivity contribution in [1.82, 2.24) is 24.3 Å². The largest absolute Gasteiger partial charge is 0.382 e. The molecule has 206 valence electrons. The number of nitrogens with two attached hydrogens (primary N) is 1. The number of fused-ring (bicyclic) bond motifs is 1. The number of aromatic nitrogens is 4. The second-order valence-electron chi connectivity index (χ2n) is 9.73. The number of imidazole rings is 1. The van der Waals surface area contributed by atoms with Crippen LogP contribution in [0.3, 0.4) is 0 Å². The number of aryl methyl sites for hydroxylation is 1. The molecular weight excluding hydrogens is 506 g/mol. The van der Waals surface area contributed by atoms with Crippen molar-refractivity contribution in [2.24, 2.45) is 0 Å². The van der Waals surface area contributed by atoms with E-state index in [1.54, 1.807) is 43.8 Å². The Labute approximate surface area is 232 Å². The molecule has 1 aliphatic rings. The molecule has 1 atom stereocenters. The van der Waals surface area contributed by atoms with Crippen LogP contribution in [0.2, 0.25) is 0 Å². The molecule has 40 heavy (non-hydrogen) atoms. The minimum absolute atomic E-state index is 0.0787. The number of nitrogens with one attached hydrogen (secondary N) is 1. The maximum absolute atomic E-state index is 12.9. The number of nitrogen functional groups attached to an aromatic ring is 1. The molecule has 5 rings (SSSR count). The first-order valence-corrected chi connectivity index (χ1v) is 13.5. The first kappa shape index (κ1) is 27.0. The van der Waals surface area contributed by atoms with Crippen LogP contribution in [0.4, 0.5) is 11.6 Å². The van der Waals surface area contributed by atoms with Gasteiger partial charge in [0.2, 0.25) is 5.91 Å². The van der Waals surface area contributed by atoms with E-state index in [-0.39, 0.29) is 17.9 Å². The van der Waals surface area contributed by atoms with Crippen LogP contribution in [-0.2, 0) is 16.0 Å². The van der Waals surface area contributed by atoms with E-state index < -0.39 is 0 Å². The van der Waals surface area contributed by atoms with Gasteiger partial charge in [0.15, 0.2) is 0 Å². The Bertz CT molecular complexity index is 1540. The minimum Gasteiger partial charge on any atom is -0.382 e. The molecule has 10 heteroatoms. The number of hydrogen-bond donors (Lipinski definition) is 2. The van der Waals surface area contributed by atoms with E-state index in [4.69, 9.17) is 15.5 Å². The fourth-order valence-electron chi connectivity index (χ4n) is 5.12. The van der Waals surface area contributed by atoms with Crippen LogP contribution in [0, 0.1) is 0 Å². The standard InChI is InChI=1S/C30H33N7O3/c1-3-6-20-13-14-32-24(19-20)34-30(39)22-11-9-21(10-12-22)26-27-28(31)33-15-17-37(27)29(35-26)23-7-4-16-36(23)25(38)8-5-18-40-2/h5,8-15,17,19,23H,3-4,6-7,16,18H2,1-2H3,(H2,31,33)(H,32,34,39). The molecule has 0 spiro atoms.